The van der Waals surface area contributed by atoms with Crippen molar-refractivity contribution in [2.45, 2.75) is 13.8 Å². The molecule has 0 saturated carbocycles. The third-order valence-corrected chi connectivity index (χ3v) is 7.09. The van der Waals surface area contributed by atoms with Gasteiger partial charge in [0.15, 0.2) is 34.9 Å². The van der Waals surface area contributed by atoms with Gasteiger partial charge in [-0.1, -0.05) is 30.3 Å². The zero-order valence-electron chi connectivity index (χ0n) is 14.6. The molecule has 0 aromatic heterocycles. The molecule has 0 aliphatic carbocycles. The van der Waals surface area contributed by atoms with Gasteiger partial charge in [-0.25, -0.2) is 30.7 Å². The molecule has 0 heterocycles. The van der Waals surface area contributed by atoms with Gasteiger partial charge in [0.1, 0.15) is 5.82 Å². The molecule has 8 heteroatoms. The Kier molecular flexibility index (Phi) is 5.48. The lowest BCUT2D eigenvalue weighted by molar-refractivity contribution is 0.410. The maximum absolute atomic E-state index is 14.7. The molecule has 0 bridgehead atoms. The van der Waals surface area contributed by atoms with E-state index in [0.29, 0.717) is 6.07 Å². The van der Waals surface area contributed by atoms with Crippen molar-refractivity contribution < 1.29 is 30.7 Å². The van der Waals surface area contributed by atoms with Crippen LogP contribution in [0.2, 0.25) is 0 Å². The summed E-state index contributed by atoms with van der Waals surface area (Å²) in [5.41, 5.74) is -0.937. The van der Waals surface area contributed by atoms with Gasteiger partial charge in [0, 0.05) is 16.7 Å². The number of rotatable bonds is 3. The predicted octanol–water partition coefficient (Wildman–Crippen LogP) is 5.04. The molecule has 0 spiro atoms. The first kappa shape index (κ1) is 20.3. The summed E-state index contributed by atoms with van der Waals surface area (Å²) in [4.78, 5) is 0. The van der Waals surface area contributed by atoms with Crippen LogP contribution in [0, 0.1) is 54.6 Å². The molecule has 0 nitrogen and oxygen atoms in total. The Hall–Kier alpha value is -2.40. The van der Waals surface area contributed by atoms with Gasteiger partial charge in [0.2, 0.25) is 0 Å². The van der Waals surface area contributed by atoms with Crippen LogP contribution < -0.4 is 15.9 Å². The fourth-order valence-electron chi connectivity index (χ4n) is 2.88. The molecule has 0 fully saturated rings. The Balaban J connectivity index is 2.48. The first-order chi connectivity index (χ1) is 13.2. The second kappa shape index (κ2) is 7.55. The van der Waals surface area contributed by atoms with Crippen LogP contribution in [0.3, 0.4) is 0 Å². The van der Waals surface area contributed by atoms with Gasteiger partial charge >= 0.3 is 0 Å². The normalized spacial score (nSPS) is 12.3. The van der Waals surface area contributed by atoms with Gasteiger partial charge in [-0.3, -0.25) is 0 Å². The van der Waals surface area contributed by atoms with Crippen molar-refractivity contribution in [2.24, 2.45) is 0 Å². The SMILES string of the molecule is Cc1c(F)cc(F)c(F)c1P(c1ccccc1)c1c(C)c(F)c(F)c(F)c1F. The Morgan fingerprint density at radius 3 is 1.71 bits per heavy atom. The standard InChI is InChI=1S/C20H12F7P/c1-9-12(21)8-13(22)15(24)19(9)28(11-6-4-3-5-7-11)20-10(2)14(23)16(25)17(26)18(20)27/h3-8H,1-2H3. The monoisotopic (exact) mass is 416 g/mol. The van der Waals surface area contributed by atoms with Gasteiger partial charge in [0.05, 0.1) is 0 Å². The highest BCUT2D eigenvalue weighted by atomic mass is 31.1. The van der Waals surface area contributed by atoms with Crippen molar-refractivity contribution in [1.29, 1.82) is 0 Å². The van der Waals surface area contributed by atoms with Crippen LogP contribution in [0.5, 0.6) is 0 Å². The number of hydrogen-bond donors (Lipinski definition) is 0. The van der Waals surface area contributed by atoms with E-state index in [1.165, 1.54) is 24.3 Å². The van der Waals surface area contributed by atoms with E-state index < -0.39 is 64.8 Å². The molecule has 1 unspecified atom stereocenters. The van der Waals surface area contributed by atoms with Crippen LogP contribution in [-0.4, -0.2) is 0 Å². The number of benzene rings is 3. The quantitative estimate of drug-likeness (QED) is 0.243. The maximum atomic E-state index is 14.7. The van der Waals surface area contributed by atoms with Crippen LogP contribution in [0.25, 0.3) is 0 Å². The van der Waals surface area contributed by atoms with Crippen molar-refractivity contribution >= 4 is 23.8 Å². The summed E-state index contributed by atoms with van der Waals surface area (Å²) in [6, 6.07) is 7.73. The van der Waals surface area contributed by atoms with Gasteiger partial charge in [-0.2, -0.15) is 0 Å². The van der Waals surface area contributed by atoms with E-state index in [4.69, 9.17) is 0 Å². The van der Waals surface area contributed by atoms with Gasteiger partial charge in [0.25, 0.3) is 0 Å². The van der Waals surface area contributed by atoms with Crippen molar-refractivity contribution in [1.82, 2.24) is 0 Å². The lowest BCUT2D eigenvalue weighted by Gasteiger charge is -2.25. The molecule has 0 N–H and O–H groups in total. The number of halogens is 7. The highest BCUT2D eigenvalue weighted by Gasteiger charge is 2.33. The minimum atomic E-state index is -2.48. The van der Waals surface area contributed by atoms with Gasteiger partial charge in [-0.15, -0.1) is 0 Å². The van der Waals surface area contributed by atoms with Crippen molar-refractivity contribution in [3.05, 3.63) is 88.2 Å². The van der Waals surface area contributed by atoms with E-state index in [9.17, 15) is 30.7 Å². The molecule has 1 atom stereocenters. The zero-order valence-corrected chi connectivity index (χ0v) is 15.5. The maximum Gasteiger partial charge on any atom is 0.198 e. The molecule has 0 radical (unpaired) electrons. The predicted molar refractivity (Wildman–Crippen MR) is 94.3 cm³/mol. The van der Waals surface area contributed by atoms with E-state index in [-0.39, 0.29) is 10.9 Å². The Morgan fingerprint density at radius 1 is 0.571 bits per heavy atom. The fourth-order valence-corrected chi connectivity index (χ4v) is 5.57. The Bertz CT molecular complexity index is 1010. The molecular weight excluding hydrogens is 404 g/mol. The third kappa shape index (κ3) is 3.18. The third-order valence-electron chi connectivity index (χ3n) is 4.32. The minimum absolute atomic E-state index is 0.178. The fraction of sp³-hybridized carbons (Fsp3) is 0.100. The molecule has 0 aliphatic rings. The minimum Gasteiger partial charge on any atom is -0.207 e. The summed E-state index contributed by atoms with van der Waals surface area (Å²) in [5.74, 6) is -11.5. The molecule has 0 amide bonds. The van der Waals surface area contributed by atoms with E-state index in [2.05, 4.69) is 0 Å². The summed E-state index contributed by atoms with van der Waals surface area (Å²) >= 11 is 0. The van der Waals surface area contributed by atoms with Crippen molar-refractivity contribution in [2.75, 3.05) is 0 Å². The molecular formula is C20H12F7P. The summed E-state index contributed by atoms with van der Waals surface area (Å²) < 4.78 is 99.2. The molecule has 3 rings (SSSR count). The summed E-state index contributed by atoms with van der Waals surface area (Å²) in [5, 5.41) is -1.06. The lowest BCUT2D eigenvalue weighted by atomic mass is 10.2. The number of hydrogen-bond acceptors (Lipinski definition) is 0. The second-order valence-corrected chi connectivity index (χ2v) is 8.11. The van der Waals surface area contributed by atoms with Crippen LogP contribution >= 0.6 is 7.92 Å². The second-order valence-electron chi connectivity index (χ2n) is 6.03. The summed E-state index contributed by atoms with van der Waals surface area (Å²) in [7, 11) is -2.48. The Labute approximate surface area is 157 Å². The van der Waals surface area contributed by atoms with E-state index in [1.54, 1.807) is 6.07 Å². The Morgan fingerprint density at radius 2 is 1.11 bits per heavy atom. The van der Waals surface area contributed by atoms with Gasteiger partial charge < -0.3 is 0 Å². The van der Waals surface area contributed by atoms with Crippen LogP contribution in [-0.2, 0) is 0 Å². The molecule has 146 valence electrons. The highest BCUT2D eigenvalue weighted by Crippen LogP contribution is 2.39. The molecule has 0 aliphatic heterocycles. The largest absolute Gasteiger partial charge is 0.207 e. The first-order valence-electron chi connectivity index (χ1n) is 7.98. The summed E-state index contributed by atoms with van der Waals surface area (Å²) in [6.45, 7) is 2.15. The molecule has 3 aromatic rings. The smallest absolute Gasteiger partial charge is 0.198 e. The van der Waals surface area contributed by atoms with Crippen molar-refractivity contribution in [3.8, 4) is 0 Å². The molecule has 3 aromatic carbocycles. The molecule has 28 heavy (non-hydrogen) atoms. The van der Waals surface area contributed by atoms with E-state index >= 15 is 0 Å². The summed E-state index contributed by atoms with van der Waals surface area (Å²) in [6.07, 6.45) is 0. The first-order valence-corrected chi connectivity index (χ1v) is 9.32. The zero-order chi connectivity index (χ0) is 20.7. The van der Waals surface area contributed by atoms with Crippen LogP contribution in [0.15, 0.2) is 36.4 Å². The van der Waals surface area contributed by atoms with Gasteiger partial charge in [-0.05, 0) is 38.2 Å². The van der Waals surface area contributed by atoms with E-state index in [0.717, 1.165) is 13.8 Å². The van der Waals surface area contributed by atoms with Crippen molar-refractivity contribution in [3.63, 3.8) is 0 Å². The lowest BCUT2D eigenvalue weighted by Crippen LogP contribution is -2.31. The average molecular weight is 416 g/mol. The average Bonchev–Trinajstić information content (AvgIpc) is 2.69. The van der Waals surface area contributed by atoms with Crippen LogP contribution in [0.4, 0.5) is 30.7 Å². The van der Waals surface area contributed by atoms with Crippen LogP contribution in [0.1, 0.15) is 11.1 Å². The molecule has 0 saturated heterocycles. The van der Waals surface area contributed by atoms with E-state index in [1.807, 2.05) is 0 Å². The highest BCUT2D eigenvalue weighted by molar-refractivity contribution is 7.80. The topological polar surface area (TPSA) is 0 Å².